The first-order valence-electron chi connectivity index (χ1n) is 15.5. The fourth-order valence-corrected chi connectivity index (χ4v) is 7.17. The van der Waals surface area contributed by atoms with Crippen molar-refractivity contribution in [3.8, 4) is 0 Å². The largest absolute Gasteiger partial charge is 0.271 e. The Bertz CT molecular complexity index is 2020. The number of imide groups is 1. The molecule has 8 rings (SSSR count). The molecule has 4 aliphatic rings. The number of rotatable bonds is 5. The van der Waals surface area contributed by atoms with Gasteiger partial charge >= 0.3 is 0 Å². The number of hydrogen-bond acceptors (Lipinski definition) is 7. The highest BCUT2D eigenvalue weighted by Gasteiger charge is 2.56. The third-order valence-electron chi connectivity index (χ3n) is 9.34. The van der Waals surface area contributed by atoms with Crippen molar-refractivity contribution in [1.82, 2.24) is 10.0 Å². The fourth-order valence-electron chi connectivity index (χ4n) is 7.17. The molecule has 4 atom stereocenters. The molecule has 3 heterocycles. The number of amides is 3. The first kappa shape index (κ1) is 28.9. The number of fused-ring (bicyclic) bond motifs is 3. The van der Waals surface area contributed by atoms with Crippen molar-refractivity contribution < 1.29 is 23.2 Å². The number of allylic oxidation sites excluding steroid dienone is 1. The lowest BCUT2D eigenvalue weighted by Crippen LogP contribution is -2.45. The highest BCUT2D eigenvalue weighted by molar-refractivity contribution is 6.27. The van der Waals surface area contributed by atoms with Crippen LogP contribution in [0.15, 0.2) is 112 Å². The van der Waals surface area contributed by atoms with E-state index in [1.54, 1.807) is 36.4 Å². The van der Waals surface area contributed by atoms with Gasteiger partial charge in [-0.2, -0.15) is 10.2 Å². The predicted molar refractivity (Wildman–Crippen MR) is 171 cm³/mol. The Kier molecular flexibility index (Phi) is 6.96. The van der Waals surface area contributed by atoms with Crippen molar-refractivity contribution in [2.45, 2.75) is 37.4 Å². The Morgan fingerprint density at radius 1 is 0.851 bits per heavy atom. The van der Waals surface area contributed by atoms with E-state index in [1.165, 1.54) is 34.3 Å². The third kappa shape index (κ3) is 4.89. The molecule has 0 unspecified atom stereocenters. The summed E-state index contributed by atoms with van der Waals surface area (Å²) in [6.07, 6.45) is 4.30. The number of nitrogens with zero attached hydrogens (tertiary/aromatic N) is 6. The van der Waals surface area contributed by atoms with E-state index in [2.05, 4.69) is 10.3 Å². The summed E-state index contributed by atoms with van der Waals surface area (Å²) in [6.45, 7) is -0.342. The standard InChI is InChI=1S/C36H28F2N6O3/c37-25-15-11-21(12-16-25)19-24-7-3-9-28-31(24)40-44(33(28)23-13-17-26(38)18-14-23)30(45)20-42-34-32(39-41-42)35(46)43(36(34)47)29-10-4-6-22-5-1-2-8-27(22)29/h1-2,4-6,8,10-19,28,32-34H,3,7,9,20H2/b24-19+/t28-,32-,33-,34-/m1/s1. The maximum atomic E-state index is 14.1. The smallest absolute Gasteiger partial charge is 0.264 e. The zero-order valence-electron chi connectivity index (χ0n) is 25.0. The van der Waals surface area contributed by atoms with Crippen molar-refractivity contribution in [3.05, 3.63) is 119 Å². The molecule has 47 heavy (non-hydrogen) atoms. The maximum absolute atomic E-state index is 14.1. The van der Waals surface area contributed by atoms with Gasteiger partial charge in [-0.15, -0.1) is 0 Å². The molecule has 3 aliphatic heterocycles. The van der Waals surface area contributed by atoms with Gasteiger partial charge in [0, 0.05) is 11.3 Å². The first-order valence-corrected chi connectivity index (χ1v) is 15.5. The number of hydrazone groups is 1. The highest BCUT2D eigenvalue weighted by Crippen LogP contribution is 2.45. The summed E-state index contributed by atoms with van der Waals surface area (Å²) in [5.41, 5.74) is 3.69. The van der Waals surface area contributed by atoms with Crippen LogP contribution in [0.2, 0.25) is 0 Å². The molecule has 9 nitrogen and oxygen atoms in total. The molecule has 3 amide bonds. The Hall–Kier alpha value is -5.58. The molecule has 1 saturated heterocycles. The van der Waals surface area contributed by atoms with Gasteiger partial charge in [0.15, 0.2) is 12.1 Å². The lowest BCUT2D eigenvalue weighted by molar-refractivity contribution is -0.136. The van der Waals surface area contributed by atoms with Crippen LogP contribution in [0.4, 0.5) is 14.5 Å². The maximum Gasteiger partial charge on any atom is 0.264 e. The fraction of sp³-hybridized carbons (Fsp3) is 0.222. The number of hydrogen-bond donors (Lipinski definition) is 0. The monoisotopic (exact) mass is 630 g/mol. The number of anilines is 1. The van der Waals surface area contributed by atoms with E-state index in [1.807, 2.05) is 36.4 Å². The minimum Gasteiger partial charge on any atom is -0.271 e. The molecule has 2 fully saturated rings. The SMILES string of the molecule is O=C1[C@@H]2N=NN(CC(=O)N3N=C4/C(=C/c5ccc(F)cc5)CCC[C@H]4[C@H]3c3ccc(F)cc3)[C@H]2C(=O)N1c1cccc2ccccc12. The van der Waals surface area contributed by atoms with Gasteiger partial charge < -0.3 is 0 Å². The van der Waals surface area contributed by atoms with Gasteiger partial charge in [0.1, 0.15) is 18.2 Å². The quantitative estimate of drug-likeness (QED) is 0.244. The number of halogens is 2. The average Bonchev–Trinajstić information content (AvgIpc) is 3.75. The van der Waals surface area contributed by atoms with Gasteiger partial charge in [0.25, 0.3) is 17.7 Å². The number of carbonyl (C=O) groups is 3. The highest BCUT2D eigenvalue weighted by atomic mass is 19.1. The van der Waals surface area contributed by atoms with Gasteiger partial charge in [-0.05, 0) is 77.8 Å². The van der Waals surface area contributed by atoms with Gasteiger partial charge in [-0.3, -0.25) is 19.4 Å². The van der Waals surface area contributed by atoms with Crippen molar-refractivity contribution in [1.29, 1.82) is 0 Å². The van der Waals surface area contributed by atoms with E-state index in [9.17, 15) is 23.2 Å². The van der Waals surface area contributed by atoms with Gasteiger partial charge in [0.05, 0.1) is 17.4 Å². The summed E-state index contributed by atoms with van der Waals surface area (Å²) in [5.74, 6) is -2.32. The van der Waals surface area contributed by atoms with Crippen LogP contribution < -0.4 is 4.90 Å². The van der Waals surface area contributed by atoms with Crippen molar-refractivity contribution >= 4 is 46.0 Å². The number of carbonyl (C=O) groups excluding carboxylic acids is 3. The van der Waals surface area contributed by atoms with Crippen molar-refractivity contribution in [2.24, 2.45) is 21.4 Å². The molecule has 4 aromatic rings. The molecule has 1 saturated carbocycles. The Labute approximate surface area is 268 Å². The molecule has 4 aromatic carbocycles. The van der Waals surface area contributed by atoms with E-state index < -0.39 is 41.7 Å². The minimum absolute atomic E-state index is 0.158. The van der Waals surface area contributed by atoms with Crippen LogP contribution in [0.5, 0.6) is 0 Å². The zero-order valence-corrected chi connectivity index (χ0v) is 25.0. The Morgan fingerprint density at radius 2 is 1.57 bits per heavy atom. The van der Waals surface area contributed by atoms with Crippen LogP contribution >= 0.6 is 0 Å². The van der Waals surface area contributed by atoms with Crippen LogP contribution in [0.3, 0.4) is 0 Å². The van der Waals surface area contributed by atoms with E-state index in [4.69, 9.17) is 5.10 Å². The summed E-state index contributed by atoms with van der Waals surface area (Å²) in [7, 11) is 0. The predicted octanol–water partition coefficient (Wildman–Crippen LogP) is 6.23. The van der Waals surface area contributed by atoms with Crippen LogP contribution in [0.1, 0.15) is 36.4 Å². The molecule has 1 aliphatic carbocycles. The topological polar surface area (TPSA) is 98.0 Å². The lowest BCUT2D eigenvalue weighted by Gasteiger charge is -2.30. The molecule has 0 aromatic heterocycles. The van der Waals surface area contributed by atoms with Crippen LogP contribution in [-0.2, 0) is 14.4 Å². The molecule has 11 heteroatoms. The summed E-state index contributed by atoms with van der Waals surface area (Å²) >= 11 is 0. The molecular formula is C36H28F2N6O3. The molecule has 234 valence electrons. The van der Waals surface area contributed by atoms with E-state index >= 15 is 0 Å². The van der Waals surface area contributed by atoms with Crippen LogP contribution in [-0.4, -0.2) is 52.1 Å². The van der Waals surface area contributed by atoms with E-state index in [0.717, 1.165) is 57.3 Å². The molecular weight excluding hydrogens is 602 g/mol. The first-order chi connectivity index (χ1) is 22.9. The lowest BCUT2D eigenvalue weighted by atomic mass is 9.77. The second-order valence-electron chi connectivity index (χ2n) is 12.1. The normalized spacial score (nSPS) is 24.3. The Morgan fingerprint density at radius 3 is 2.36 bits per heavy atom. The molecule has 0 N–H and O–H groups in total. The molecule has 0 radical (unpaired) electrons. The van der Waals surface area contributed by atoms with Crippen LogP contribution in [0.25, 0.3) is 16.8 Å². The molecule has 0 bridgehead atoms. The van der Waals surface area contributed by atoms with Crippen LogP contribution in [0, 0.1) is 17.6 Å². The summed E-state index contributed by atoms with van der Waals surface area (Å²) < 4.78 is 27.5. The van der Waals surface area contributed by atoms with E-state index in [-0.39, 0.29) is 18.3 Å². The van der Waals surface area contributed by atoms with Gasteiger partial charge in [-0.1, -0.05) is 65.9 Å². The Balaban J connectivity index is 1.10. The zero-order chi connectivity index (χ0) is 32.2. The third-order valence-corrected chi connectivity index (χ3v) is 9.34. The molecule has 0 spiro atoms. The summed E-state index contributed by atoms with van der Waals surface area (Å²) in [4.78, 5) is 42.6. The minimum atomic E-state index is -1.07. The van der Waals surface area contributed by atoms with Crippen molar-refractivity contribution in [2.75, 3.05) is 11.4 Å². The van der Waals surface area contributed by atoms with Gasteiger partial charge in [-0.25, -0.2) is 18.7 Å². The van der Waals surface area contributed by atoms with E-state index in [0.29, 0.717) is 5.69 Å². The second-order valence-corrected chi connectivity index (χ2v) is 12.1. The van der Waals surface area contributed by atoms with Gasteiger partial charge in [0.2, 0.25) is 0 Å². The number of benzene rings is 4. The van der Waals surface area contributed by atoms with Crippen molar-refractivity contribution in [3.63, 3.8) is 0 Å². The summed E-state index contributed by atoms with van der Waals surface area (Å²) in [5, 5.41) is 17.4. The summed E-state index contributed by atoms with van der Waals surface area (Å²) in [6, 6.07) is 22.5. The average molecular weight is 631 g/mol. The second kappa shape index (κ2) is 11.3.